The molecule has 0 amide bonds. The lowest BCUT2D eigenvalue weighted by Gasteiger charge is -2.16. The van der Waals surface area contributed by atoms with Gasteiger partial charge in [-0.3, -0.25) is 0 Å². The van der Waals surface area contributed by atoms with Crippen molar-refractivity contribution in [3.8, 4) is 0 Å². The summed E-state index contributed by atoms with van der Waals surface area (Å²) in [4.78, 5) is 15.8. The van der Waals surface area contributed by atoms with Gasteiger partial charge in [0.1, 0.15) is 0 Å². The molecule has 2 rings (SSSR count). The molecular formula is C17H24ClN5O2. The quantitative estimate of drug-likeness (QED) is 0.725. The molecule has 0 saturated heterocycles. The van der Waals surface area contributed by atoms with E-state index in [0.29, 0.717) is 17.4 Å². The number of likely N-dealkylation sites (N-methyl/N-ethyl adjacent to an activating group) is 1. The highest BCUT2D eigenvalue weighted by Crippen LogP contribution is 2.23. The van der Waals surface area contributed by atoms with Gasteiger partial charge in [-0.25, -0.2) is 4.79 Å². The highest BCUT2D eigenvalue weighted by molar-refractivity contribution is 6.31. The first-order valence-corrected chi connectivity index (χ1v) is 8.65. The summed E-state index contributed by atoms with van der Waals surface area (Å²) in [5.74, 6) is -0.180. The second-order valence-corrected chi connectivity index (χ2v) is 6.01. The fourth-order valence-corrected chi connectivity index (χ4v) is 2.52. The molecule has 1 aromatic carbocycles. The van der Waals surface area contributed by atoms with Crippen LogP contribution >= 0.6 is 11.6 Å². The number of hydrogen-bond acceptors (Lipinski definition) is 6. The summed E-state index contributed by atoms with van der Waals surface area (Å²) in [6, 6.07) is 5.55. The number of ether oxygens (including phenoxy) is 1. The van der Waals surface area contributed by atoms with Crippen LogP contribution in [0.4, 0.5) is 11.5 Å². The van der Waals surface area contributed by atoms with Gasteiger partial charge in [-0.05, 0) is 37.7 Å². The van der Waals surface area contributed by atoms with E-state index in [9.17, 15) is 4.79 Å². The molecule has 136 valence electrons. The van der Waals surface area contributed by atoms with Gasteiger partial charge in [0.2, 0.25) is 5.69 Å². The summed E-state index contributed by atoms with van der Waals surface area (Å²) in [5.41, 5.74) is 1.86. The first-order chi connectivity index (χ1) is 12.0. The molecule has 0 unspecified atom stereocenters. The molecule has 0 bridgehead atoms. The van der Waals surface area contributed by atoms with Crippen molar-refractivity contribution in [1.29, 1.82) is 0 Å². The average Bonchev–Trinajstić information content (AvgIpc) is 3.01. The maximum atomic E-state index is 12.0. The molecule has 1 heterocycles. The second kappa shape index (κ2) is 8.82. The molecule has 0 aliphatic rings. The SMILES string of the molecule is CCN(CC)CCn1nc(Nc2ccc(C)c(Cl)c2)c(C(=O)OC)n1. The Hall–Kier alpha value is -2.12. The number of carbonyl (C=O) groups is 1. The van der Waals surface area contributed by atoms with Crippen molar-refractivity contribution in [2.24, 2.45) is 0 Å². The molecule has 0 saturated carbocycles. The molecule has 0 aliphatic carbocycles. The van der Waals surface area contributed by atoms with Crippen LogP contribution in [0.2, 0.25) is 5.02 Å². The first-order valence-electron chi connectivity index (χ1n) is 8.27. The number of esters is 1. The van der Waals surface area contributed by atoms with Crippen molar-refractivity contribution in [2.45, 2.75) is 27.3 Å². The molecule has 25 heavy (non-hydrogen) atoms. The third-order valence-corrected chi connectivity index (χ3v) is 4.39. The molecule has 0 spiro atoms. The third-order valence-electron chi connectivity index (χ3n) is 3.98. The number of hydrogen-bond donors (Lipinski definition) is 1. The highest BCUT2D eigenvalue weighted by Gasteiger charge is 2.20. The van der Waals surface area contributed by atoms with E-state index < -0.39 is 5.97 Å². The summed E-state index contributed by atoms with van der Waals surface area (Å²) in [6.45, 7) is 9.43. The van der Waals surface area contributed by atoms with Crippen LogP contribution in [-0.2, 0) is 11.3 Å². The van der Waals surface area contributed by atoms with E-state index in [2.05, 4.69) is 34.3 Å². The summed E-state index contributed by atoms with van der Waals surface area (Å²) >= 11 is 6.15. The van der Waals surface area contributed by atoms with Gasteiger partial charge in [-0.15, -0.1) is 10.2 Å². The number of methoxy groups -OCH3 is 1. The molecule has 0 fully saturated rings. The van der Waals surface area contributed by atoms with Gasteiger partial charge in [0.15, 0.2) is 5.82 Å². The zero-order valence-electron chi connectivity index (χ0n) is 15.0. The van der Waals surface area contributed by atoms with Crippen molar-refractivity contribution in [3.63, 3.8) is 0 Å². The van der Waals surface area contributed by atoms with Crippen molar-refractivity contribution < 1.29 is 9.53 Å². The number of nitrogens with zero attached hydrogens (tertiary/aromatic N) is 4. The number of benzene rings is 1. The minimum absolute atomic E-state index is 0.152. The predicted octanol–water partition coefficient (Wildman–Crippen LogP) is 3.11. The molecule has 7 nitrogen and oxygen atoms in total. The summed E-state index contributed by atoms with van der Waals surface area (Å²) in [7, 11) is 1.32. The van der Waals surface area contributed by atoms with Crippen molar-refractivity contribution >= 4 is 29.1 Å². The number of aryl methyl sites for hydroxylation is 1. The van der Waals surface area contributed by atoms with Gasteiger partial charge in [0.05, 0.1) is 13.7 Å². The monoisotopic (exact) mass is 365 g/mol. The lowest BCUT2D eigenvalue weighted by molar-refractivity contribution is 0.0594. The van der Waals surface area contributed by atoms with Gasteiger partial charge in [-0.1, -0.05) is 31.5 Å². The van der Waals surface area contributed by atoms with Crippen molar-refractivity contribution in [1.82, 2.24) is 19.9 Å². The number of aromatic nitrogens is 3. The topological polar surface area (TPSA) is 72.3 Å². The number of nitrogens with one attached hydrogen (secondary N) is 1. The molecule has 1 N–H and O–H groups in total. The van der Waals surface area contributed by atoms with E-state index >= 15 is 0 Å². The van der Waals surface area contributed by atoms with Gasteiger partial charge in [0.25, 0.3) is 0 Å². The molecule has 0 radical (unpaired) electrons. The molecule has 0 atom stereocenters. The van der Waals surface area contributed by atoms with Crippen LogP contribution in [0, 0.1) is 6.92 Å². The van der Waals surface area contributed by atoms with Crippen LogP contribution in [0.25, 0.3) is 0 Å². The first kappa shape index (κ1) is 19.2. The summed E-state index contributed by atoms with van der Waals surface area (Å²) in [6.07, 6.45) is 0. The Balaban J connectivity index is 2.22. The smallest absolute Gasteiger partial charge is 0.362 e. The third kappa shape index (κ3) is 4.93. The van der Waals surface area contributed by atoms with Crippen LogP contribution in [0.1, 0.15) is 29.9 Å². The molecule has 0 aliphatic heterocycles. The van der Waals surface area contributed by atoms with Crippen LogP contribution in [0.5, 0.6) is 0 Å². The largest absolute Gasteiger partial charge is 0.464 e. The van der Waals surface area contributed by atoms with E-state index in [-0.39, 0.29) is 5.69 Å². The Labute approximate surface area is 152 Å². The van der Waals surface area contributed by atoms with Crippen molar-refractivity contribution in [2.75, 3.05) is 32.1 Å². The zero-order valence-corrected chi connectivity index (χ0v) is 15.8. The van der Waals surface area contributed by atoms with E-state index in [1.807, 2.05) is 19.1 Å². The summed E-state index contributed by atoms with van der Waals surface area (Å²) in [5, 5.41) is 12.4. The number of halogens is 1. The minimum Gasteiger partial charge on any atom is -0.464 e. The normalized spacial score (nSPS) is 11.0. The van der Waals surface area contributed by atoms with Crippen molar-refractivity contribution in [3.05, 3.63) is 34.5 Å². The lowest BCUT2D eigenvalue weighted by atomic mass is 10.2. The number of rotatable bonds is 8. The van der Waals surface area contributed by atoms with E-state index in [0.717, 1.165) is 30.9 Å². The molecule has 2 aromatic rings. The van der Waals surface area contributed by atoms with Crippen LogP contribution in [0.3, 0.4) is 0 Å². The predicted molar refractivity (Wildman–Crippen MR) is 98.6 cm³/mol. The van der Waals surface area contributed by atoms with Gasteiger partial charge in [-0.2, -0.15) is 4.80 Å². The molecular weight excluding hydrogens is 342 g/mol. The van der Waals surface area contributed by atoms with Gasteiger partial charge < -0.3 is 15.0 Å². The maximum Gasteiger partial charge on any atom is 0.362 e. The van der Waals surface area contributed by atoms with E-state index in [4.69, 9.17) is 16.3 Å². The number of anilines is 2. The van der Waals surface area contributed by atoms with E-state index in [1.165, 1.54) is 11.9 Å². The highest BCUT2D eigenvalue weighted by atomic mass is 35.5. The molecule has 8 heteroatoms. The Morgan fingerprint density at radius 2 is 2.04 bits per heavy atom. The summed E-state index contributed by atoms with van der Waals surface area (Å²) < 4.78 is 4.81. The number of carbonyl (C=O) groups excluding carboxylic acids is 1. The Morgan fingerprint density at radius 1 is 1.32 bits per heavy atom. The zero-order chi connectivity index (χ0) is 18.4. The average molecular weight is 366 g/mol. The Morgan fingerprint density at radius 3 is 2.64 bits per heavy atom. The second-order valence-electron chi connectivity index (χ2n) is 5.60. The van der Waals surface area contributed by atoms with E-state index in [1.54, 1.807) is 6.07 Å². The fourth-order valence-electron chi connectivity index (χ4n) is 2.34. The maximum absolute atomic E-state index is 12.0. The van der Waals surface area contributed by atoms with Crippen LogP contribution < -0.4 is 5.32 Å². The van der Waals surface area contributed by atoms with Gasteiger partial charge in [0, 0.05) is 17.3 Å². The fraction of sp³-hybridized carbons (Fsp3) is 0.471. The minimum atomic E-state index is -0.533. The Kier molecular flexibility index (Phi) is 6.78. The van der Waals surface area contributed by atoms with Crippen LogP contribution in [0.15, 0.2) is 18.2 Å². The van der Waals surface area contributed by atoms with Gasteiger partial charge >= 0.3 is 5.97 Å². The standard InChI is InChI=1S/C17H24ClN5O2/c1-5-22(6-2)9-10-23-20-15(17(24)25-4)16(21-23)19-13-8-7-12(3)14(18)11-13/h7-8,11H,5-6,9-10H2,1-4H3,(H,19,21). The Bertz CT molecular complexity index is 728. The lowest BCUT2D eigenvalue weighted by Crippen LogP contribution is -2.27. The molecule has 1 aromatic heterocycles. The van der Waals surface area contributed by atoms with Crippen LogP contribution in [-0.4, -0.2) is 52.6 Å².